The minimum Gasteiger partial charge on any atom is -0.309 e. The maximum absolute atomic E-state index is 13.1. The average Bonchev–Trinajstić information content (AvgIpc) is 2.16. The van der Waals surface area contributed by atoms with Gasteiger partial charge in [0.2, 0.25) is 5.82 Å². The minimum absolute atomic E-state index is 0.266. The molecule has 0 aromatic heterocycles. The molecule has 0 atom stereocenters. The molecular weight excluding hydrogens is 218 g/mol. The normalized spacial score (nSPS) is 9.44. The molecule has 0 unspecified atom stereocenters. The number of nitrogens with one attached hydrogen (secondary N) is 1. The molecule has 4 nitrogen and oxygen atoms in total. The van der Waals surface area contributed by atoms with E-state index in [-0.39, 0.29) is 12.1 Å². The lowest BCUT2D eigenvalue weighted by Crippen LogP contribution is -2.04. The zero-order valence-corrected chi connectivity index (χ0v) is 8.38. The van der Waals surface area contributed by atoms with Gasteiger partial charge in [-0.3, -0.25) is 10.1 Å². The Morgan fingerprint density at radius 2 is 2.19 bits per heavy atom. The zero-order chi connectivity index (χ0) is 12.1. The van der Waals surface area contributed by atoms with Crippen LogP contribution < -0.4 is 5.32 Å². The molecule has 0 heterocycles. The van der Waals surface area contributed by atoms with E-state index in [9.17, 15) is 18.9 Å². The molecule has 0 amide bonds. The van der Waals surface area contributed by atoms with Crippen LogP contribution in [0.3, 0.4) is 0 Å². The van der Waals surface area contributed by atoms with E-state index >= 15 is 0 Å². The molecule has 0 aliphatic rings. The van der Waals surface area contributed by atoms with E-state index < -0.39 is 22.2 Å². The first-order valence-corrected chi connectivity index (χ1v) is 4.33. The van der Waals surface area contributed by atoms with Crippen LogP contribution in [0.25, 0.3) is 0 Å². The molecule has 0 saturated heterocycles. The van der Waals surface area contributed by atoms with E-state index in [1.807, 2.05) is 0 Å². The number of nitrogens with zero attached hydrogens (tertiary/aromatic N) is 1. The first kappa shape index (κ1) is 12.1. The van der Waals surface area contributed by atoms with Crippen molar-refractivity contribution < 1.29 is 13.7 Å². The van der Waals surface area contributed by atoms with Crippen LogP contribution in [0.4, 0.5) is 14.5 Å². The van der Waals surface area contributed by atoms with Crippen molar-refractivity contribution in [2.45, 2.75) is 0 Å². The summed E-state index contributed by atoms with van der Waals surface area (Å²) in [6.07, 6.45) is 0. The smallest absolute Gasteiger partial charge is 0.309 e. The van der Waals surface area contributed by atoms with Crippen molar-refractivity contribution in [1.29, 1.82) is 0 Å². The largest absolute Gasteiger partial charge is 0.320 e. The highest BCUT2D eigenvalue weighted by molar-refractivity contribution is 5.52. The van der Waals surface area contributed by atoms with Gasteiger partial charge in [0.25, 0.3) is 0 Å². The summed E-state index contributed by atoms with van der Waals surface area (Å²) in [6.45, 7) is 0.273. The lowest BCUT2D eigenvalue weighted by Gasteiger charge is -1.97. The van der Waals surface area contributed by atoms with Crippen LogP contribution in [0.1, 0.15) is 5.56 Å². The third-order valence-corrected chi connectivity index (χ3v) is 1.70. The highest BCUT2D eigenvalue weighted by Gasteiger charge is 2.20. The number of halogens is 2. The van der Waals surface area contributed by atoms with Crippen molar-refractivity contribution in [3.63, 3.8) is 0 Å². The minimum atomic E-state index is -1.22. The number of rotatable bonds is 2. The van der Waals surface area contributed by atoms with Crippen LogP contribution in [0.15, 0.2) is 12.1 Å². The summed E-state index contributed by atoms with van der Waals surface area (Å²) in [4.78, 5) is 9.63. The van der Waals surface area contributed by atoms with Gasteiger partial charge in [-0.2, -0.15) is 4.39 Å². The number of hydrogen-bond donors (Lipinski definition) is 1. The van der Waals surface area contributed by atoms with Crippen molar-refractivity contribution in [1.82, 2.24) is 5.32 Å². The van der Waals surface area contributed by atoms with Gasteiger partial charge in [0.15, 0.2) is 0 Å². The van der Waals surface area contributed by atoms with Crippen molar-refractivity contribution in [3.8, 4) is 11.8 Å². The first-order valence-electron chi connectivity index (χ1n) is 4.33. The van der Waals surface area contributed by atoms with E-state index in [0.29, 0.717) is 6.07 Å². The topological polar surface area (TPSA) is 55.2 Å². The van der Waals surface area contributed by atoms with Gasteiger partial charge in [-0.25, -0.2) is 4.39 Å². The molecule has 1 N–H and O–H groups in total. The molecular formula is C10H8F2N2O2. The second kappa shape index (κ2) is 5.19. The predicted molar refractivity (Wildman–Crippen MR) is 53.8 cm³/mol. The Morgan fingerprint density at radius 3 is 2.75 bits per heavy atom. The fourth-order valence-electron chi connectivity index (χ4n) is 1.07. The van der Waals surface area contributed by atoms with Gasteiger partial charge in [-0.05, 0) is 13.1 Å². The number of hydrogen-bond acceptors (Lipinski definition) is 3. The molecule has 0 saturated carbocycles. The zero-order valence-electron chi connectivity index (χ0n) is 8.38. The molecule has 1 aromatic carbocycles. The average molecular weight is 226 g/mol. The van der Waals surface area contributed by atoms with Crippen molar-refractivity contribution in [2.75, 3.05) is 13.6 Å². The van der Waals surface area contributed by atoms with Crippen LogP contribution in [-0.2, 0) is 0 Å². The molecule has 1 aromatic rings. The Bertz CT molecular complexity index is 478. The van der Waals surface area contributed by atoms with Gasteiger partial charge < -0.3 is 5.32 Å². The summed E-state index contributed by atoms with van der Waals surface area (Å²) < 4.78 is 25.9. The lowest BCUT2D eigenvalue weighted by atomic mass is 10.1. The Kier molecular flexibility index (Phi) is 3.91. The summed E-state index contributed by atoms with van der Waals surface area (Å²) in [7, 11) is 1.63. The number of benzene rings is 1. The van der Waals surface area contributed by atoms with Crippen LogP contribution in [0, 0.1) is 33.6 Å². The summed E-state index contributed by atoms with van der Waals surface area (Å²) in [6, 6.07) is 1.30. The lowest BCUT2D eigenvalue weighted by molar-refractivity contribution is -0.387. The Labute approximate surface area is 90.4 Å². The Balaban J connectivity index is 3.26. The third-order valence-electron chi connectivity index (χ3n) is 1.70. The molecule has 6 heteroatoms. The fraction of sp³-hybridized carbons (Fsp3) is 0.200. The molecule has 84 valence electrons. The summed E-state index contributed by atoms with van der Waals surface area (Å²) in [5, 5.41) is 13.2. The second-order valence-electron chi connectivity index (χ2n) is 2.87. The van der Waals surface area contributed by atoms with Gasteiger partial charge >= 0.3 is 5.69 Å². The van der Waals surface area contributed by atoms with E-state index in [1.54, 1.807) is 7.05 Å². The highest BCUT2D eigenvalue weighted by atomic mass is 19.1. The van der Waals surface area contributed by atoms with Crippen LogP contribution in [0.5, 0.6) is 0 Å². The molecule has 0 spiro atoms. The molecule has 0 bridgehead atoms. The SMILES string of the molecule is CNCC#Cc1cc(F)cc(F)c1[N+](=O)[O-]. The van der Waals surface area contributed by atoms with Gasteiger partial charge in [0.1, 0.15) is 11.4 Å². The summed E-state index contributed by atoms with van der Waals surface area (Å²) in [5.74, 6) is 2.73. The van der Waals surface area contributed by atoms with Crippen LogP contribution >= 0.6 is 0 Å². The van der Waals surface area contributed by atoms with Gasteiger partial charge in [0.05, 0.1) is 11.5 Å². The first-order chi connectivity index (χ1) is 7.56. The quantitative estimate of drug-likeness (QED) is 0.471. The second-order valence-corrected chi connectivity index (χ2v) is 2.87. The summed E-state index contributed by atoms with van der Waals surface area (Å²) in [5.41, 5.74) is -1.07. The van der Waals surface area contributed by atoms with Gasteiger partial charge in [-0.15, -0.1) is 0 Å². The maximum atomic E-state index is 13.1. The van der Waals surface area contributed by atoms with Gasteiger partial charge in [0, 0.05) is 6.07 Å². The predicted octanol–water partition coefficient (Wildman–Crippen LogP) is 1.44. The van der Waals surface area contributed by atoms with Crippen molar-refractivity contribution in [3.05, 3.63) is 39.4 Å². The molecule has 0 fully saturated rings. The number of nitro benzene ring substituents is 1. The Hall–Kier alpha value is -2.00. The summed E-state index contributed by atoms with van der Waals surface area (Å²) >= 11 is 0. The van der Waals surface area contributed by atoms with Crippen LogP contribution in [0.2, 0.25) is 0 Å². The molecule has 0 radical (unpaired) electrons. The molecule has 1 rings (SSSR count). The monoisotopic (exact) mass is 226 g/mol. The fourth-order valence-corrected chi connectivity index (χ4v) is 1.07. The molecule has 16 heavy (non-hydrogen) atoms. The maximum Gasteiger partial charge on any atom is 0.320 e. The molecule has 0 aliphatic heterocycles. The van der Waals surface area contributed by atoms with E-state index in [2.05, 4.69) is 17.2 Å². The Morgan fingerprint density at radius 1 is 1.50 bits per heavy atom. The van der Waals surface area contributed by atoms with Crippen molar-refractivity contribution >= 4 is 5.69 Å². The van der Waals surface area contributed by atoms with Crippen LogP contribution in [-0.4, -0.2) is 18.5 Å². The van der Waals surface area contributed by atoms with E-state index in [1.165, 1.54) is 0 Å². The number of nitro groups is 1. The molecule has 0 aliphatic carbocycles. The highest BCUT2D eigenvalue weighted by Crippen LogP contribution is 2.22. The van der Waals surface area contributed by atoms with Gasteiger partial charge in [-0.1, -0.05) is 11.8 Å². The van der Waals surface area contributed by atoms with E-state index in [0.717, 1.165) is 6.07 Å². The van der Waals surface area contributed by atoms with E-state index in [4.69, 9.17) is 0 Å². The van der Waals surface area contributed by atoms with Crippen molar-refractivity contribution in [2.24, 2.45) is 0 Å². The third kappa shape index (κ3) is 2.74. The standard InChI is InChI=1S/C10H8F2N2O2/c1-13-4-2-3-7-5-8(11)6-9(12)10(7)14(15)16/h5-6,13H,4H2,1H3.